The molecule has 0 aromatic rings. The predicted octanol–water partition coefficient (Wildman–Crippen LogP) is 0.978. The first-order chi connectivity index (χ1) is 5.72. The Kier molecular flexibility index (Phi) is 3.66. The van der Waals surface area contributed by atoms with E-state index < -0.39 is 17.4 Å². The average molecular weight is 185 g/mol. The maximum Gasteiger partial charge on any atom is 0.401 e. The Morgan fingerprint density at radius 1 is 1.31 bits per heavy atom. The number of nitrogens with one attached hydrogen (secondary N) is 1. The monoisotopic (exact) mass is 185 g/mol. The van der Waals surface area contributed by atoms with Crippen LogP contribution in [0.1, 0.15) is 27.7 Å². The van der Waals surface area contributed by atoms with Crippen LogP contribution in [-0.4, -0.2) is 17.4 Å². The molecule has 0 aromatic heterocycles. The summed E-state index contributed by atoms with van der Waals surface area (Å²) in [5.74, 6) is -1.48. The molecule has 0 rings (SSSR count). The normalized spacial score (nSPS) is 10.5. The highest BCUT2D eigenvalue weighted by Crippen LogP contribution is 1.99. The lowest BCUT2D eigenvalue weighted by Crippen LogP contribution is -2.44. The van der Waals surface area contributed by atoms with Crippen molar-refractivity contribution in [3.63, 3.8) is 0 Å². The third kappa shape index (κ3) is 5.90. The quantitative estimate of drug-likeness (QED) is 0.376. The second-order valence-corrected chi connectivity index (χ2v) is 3.80. The number of esters is 1. The minimum absolute atomic E-state index is 0.203. The lowest BCUT2D eigenvalue weighted by atomic mass is 10.1. The smallest absolute Gasteiger partial charge is 0.401 e. The van der Waals surface area contributed by atoms with E-state index in [-0.39, 0.29) is 5.76 Å². The molecule has 0 unspecified atom stereocenters. The van der Waals surface area contributed by atoms with Crippen molar-refractivity contribution in [2.75, 3.05) is 0 Å². The van der Waals surface area contributed by atoms with Crippen LogP contribution in [-0.2, 0) is 14.3 Å². The van der Waals surface area contributed by atoms with E-state index >= 15 is 0 Å². The van der Waals surface area contributed by atoms with E-state index in [2.05, 4.69) is 16.6 Å². The number of hydrogen-bond donors (Lipinski definition) is 1. The lowest BCUT2D eigenvalue weighted by Gasteiger charge is -2.19. The molecule has 4 nitrogen and oxygen atoms in total. The molecule has 0 aromatic carbocycles. The van der Waals surface area contributed by atoms with Crippen molar-refractivity contribution in [2.24, 2.45) is 0 Å². The molecule has 0 fully saturated rings. The third-order valence-electron chi connectivity index (χ3n) is 0.941. The summed E-state index contributed by atoms with van der Waals surface area (Å²) in [6, 6.07) is 0. The maximum atomic E-state index is 11.1. The molecule has 13 heavy (non-hydrogen) atoms. The molecule has 1 amide bonds. The summed E-state index contributed by atoms with van der Waals surface area (Å²) < 4.78 is 4.51. The molecular formula is C9H15NO3. The molecule has 0 spiro atoms. The van der Waals surface area contributed by atoms with E-state index in [0.29, 0.717) is 0 Å². The highest BCUT2D eigenvalue weighted by atomic mass is 16.5. The second kappa shape index (κ2) is 4.07. The van der Waals surface area contributed by atoms with Gasteiger partial charge in [-0.25, -0.2) is 4.79 Å². The standard InChI is InChI=1S/C9H15NO3/c1-6(2)13-8(12)7(11)10-9(3,4)5/h1H2,2-5H3,(H,10,11). The molecule has 0 aliphatic heterocycles. The van der Waals surface area contributed by atoms with Crippen LogP contribution in [0.5, 0.6) is 0 Å². The topological polar surface area (TPSA) is 55.4 Å². The van der Waals surface area contributed by atoms with Crippen LogP contribution in [0.25, 0.3) is 0 Å². The van der Waals surface area contributed by atoms with Crippen molar-refractivity contribution in [1.82, 2.24) is 5.32 Å². The molecule has 4 heteroatoms. The molecule has 1 N–H and O–H groups in total. The van der Waals surface area contributed by atoms with E-state index in [0.717, 1.165) is 0 Å². The first-order valence-electron chi connectivity index (χ1n) is 3.92. The summed E-state index contributed by atoms with van der Waals surface area (Å²) in [5.41, 5.74) is -0.439. The first-order valence-corrected chi connectivity index (χ1v) is 3.92. The van der Waals surface area contributed by atoms with E-state index in [9.17, 15) is 9.59 Å². The fraction of sp³-hybridized carbons (Fsp3) is 0.556. The van der Waals surface area contributed by atoms with Crippen molar-refractivity contribution >= 4 is 11.9 Å². The van der Waals surface area contributed by atoms with Crippen molar-refractivity contribution in [3.8, 4) is 0 Å². The number of allylic oxidation sites excluding steroid dienone is 1. The molecule has 0 radical (unpaired) electrons. The summed E-state index contributed by atoms with van der Waals surface area (Å²) in [5, 5.41) is 2.47. The van der Waals surface area contributed by atoms with Crippen LogP contribution in [0.3, 0.4) is 0 Å². The fourth-order valence-electron chi connectivity index (χ4n) is 0.596. The highest BCUT2D eigenvalue weighted by molar-refractivity contribution is 6.32. The van der Waals surface area contributed by atoms with E-state index in [1.54, 1.807) is 20.8 Å². The average Bonchev–Trinajstić information content (AvgIpc) is 1.81. The van der Waals surface area contributed by atoms with Gasteiger partial charge >= 0.3 is 11.9 Å². The minimum atomic E-state index is -0.928. The second-order valence-electron chi connectivity index (χ2n) is 3.80. The zero-order valence-corrected chi connectivity index (χ0v) is 8.43. The Morgan fingerprint density at radius 2 is 1.77 bits per heavy atom. The lowest BCUT2D eigenvalue weighted by molar-refractivity contribution is -0.152. The van der Waals surface area contributed by atoms with E-state index in [1.165, 1.54) is 6.92 Å². The van der Waals surface area contributed by atoms with Crippen molar-refractivity contribution in [2.45, 2.75) is 33.2 Å². The summed E-state index contributed by atoms with van der Waals surface area (Å²) in [6.45, 7) is 10.2. The van der Waals surface area contributed by atoms with Gasteiger partial charge in [0.25, 0.3) is 0 Å². The van der Waals surface area contributed by atoms with Crippen LogP contribution in [0.2, 0.25) is 0 Å². The Bertz CT molecular complexity index is 238. The largest absolute Gasteiger partial charge is 0.425 e. The first kappa shape index (κ1) is 11.7. The SMILES string of the molecule is C=C(C)OC(=O)C(=O)NC(C)(C)C. The fourth-order valence-corrected chi connectivity index (χ4v) is 0.596. The molecule has 0 saturated heterocycles. The van der Waals surface area contributed by atoms with Gasteiger partial charge in [0.2, 0.25) is 0 Å². The zero-order valence-electron chi connectivity index (χ0n) is 8.43. The summed E-state index contributed by atoms with van der Waals surface area (Å²) in [6.07, 6.45) is 0. The highest BCUT2D eigenvalue weighted by Gasteiger charge is 2.21. The van der Waals surface area contributed by atoms with Gasteiger partial charge in [-0.3, -0.25) is 4.79 Å². The van der Waals surface area contributed by atoms with Gasteiger partial charge in [0.1, 0.15) is 0 Å². The summed E-state index contributed by atoms with van der Waals surface area (Å²) >= 11 is 0. The minimum Gasteiger partial charge on any atom is -0.425 e. The van der Waals surface area contributed by atoms with Gasteiger partial charge in [0.15, 0.2) is 0 Å². The van der Waals surface area contributed by atoms with Gasteiger partial charge < -0.3 is 10.1 Å². The molecule has 0 bridgehead atoms. The van der Waals surface area contributed by atoms with Crippen molar-refractivity contribution in [3.05, 3.63) is 12.3 Å². The Morgan fingerprint density at radius 3 is 2.08 bits per heavy atom. The van der Waals surface area contributed by atoms with Crippen LogP contribution >= 0.6 is 0 Å². The maximum absolute atomic E-state index is 11.1. The summed E-state index contributed by atoms with van der Waals surface area (Å²) in [7, 11) is 0. The number of ether oxygens (including phenoxy) is 1. The molecule has 0 aliphatic rings. The van der Waals surface area contributed by atoms with Gasteiger partial charge in [-0.2, -0.15) is 0 Å². The number of rotatable bonds is 1. The van der Waals surface area contributed by atoms with Crippen molar-refractivity contribution in [1.29, 1.82) is 0 Å². The number of hydrogen-bond acceptors (Lipinski definition) is 3. The van der Waals surface area contributed by atoms with E-state index in [1.807, 2.05) is 0 Å². The molecule has 0 aliphatic carbocycles. The van der Waals surface area contributed by atoms with Crippen LogP contribution in [0, 0.1) is 0 Å². The van der Waals surface area contributed by atoms with Gasteiger partial charge in [-0.1, -0.05) is 6.58 Å². The van der Waals surface area contributed by atoms with Gasteiger partial charge in [-0.05, 0) is 27.7 Å². The molecule has 74 valence electrons. The van der Waals surface area contributed by atoms with Crippen LogP contribution in [0.15, 0.2) is 12.3 Å². The number of amides is 1. The Hall–Kier alpha value is -1.32. The van der Waals surface area contributed by atoms with Gasteiger partial charge in [-0.15, -0.1) is 0 Å². The van der Waals surface area contributed by atoms with Gasteiger partial charge in [0.05, 0.1) is 5.76 Å². The predicted molar refractivity (Wildman–Crippen MR) is 48.8 cm³/mol. The van der Waals surface area contributed by atoms with E-state index in [4.69, 9.17) is 0 Å². The molecule has 0 saturated carbocycles. The van der Waals surface area contributed by atoms with Crippen molar-refractivity contribution < 1.29 is 14.3 Å². The van der Waals surface area contributed by atoms with Crippen LogP contribution in [0.4, 0.5) is 0 Å². The Labute approximate surface area is 78.0 Å². The molecule has 0 atom stereocenters. The molecular weight excluding hydrogens is 170 g/mol. The number of carbonyl (C=O) groups is 2. The zero-order chi connectivity index (χ0) is 10.6. The molecule has 0 heterocycles. The summed E-state index contributed by atoms with van der Waals surface area (Å²) in [4.78, 5) is 22.0. The van der Waals surface area contributed by atoms with Gasteiger partial charge in [0, 0.05) is 5.54 Å². The third-order valence-corrected chi connectivity index (χ3v) is 0.941. The number of carbonyl (C=O) groups excluding carboxylic acids is 2. The van der Waals surface area contributed by atoms with Crippen LogP contribution < -0.4 is 5.32 Å². The Balaban J connectivity index is 4.13.